The second-order valence-electron chi connectivity index (χ2n) is 6.01. The highest BCUT2D eigenvalue weighted by atomic mass is 35.5. The summed E-state index contributed by atoms with van der Waals surface area (Å²) >= 11 is 7.22. The molecule has 1 heterocycles. The van der Waals surface area contributed by atoms with Gasteiger partial charge in [0.25, 0.3) is 5.91 Å². The minimum absolute atomic E-state index is 0.322. The Balaban J connectivity index is 2.23. The predicted molar refractivity (Wildman–Crippen MR) is 109 cm³/mol. The van der Waals surface area contributed by atoms with E-state index in [9.17, 15) is 14.7 Å². The molecule has 3 rings (SSSR count). The fourth-order valence-electron chi connectivity index (χ4n) is 2.90. The number of benzene rings is 2. The van der Waals surface area contributed by atoms with Gasteiger partial charge in [0, 0.05) is 16.7 Å². The molecule has 0 radical (unpaired) electrons. The van der Waals surface area contributed by atoms with Crippen molar-refractivity contribution >= 4 is 45.0 Å². The van der Waals surface area contributed by atoms with E-state index in [1.807, 2.05) is 19.1 Å². The molecule has 0 aliphatic rings. The van der Waals surface area contributed by atoms with Crippen molar-refractivity contribution in [3.05, 3.63) is 57.9 Å². The minimum atomic E-state index is -0.985. The van der Waals surface area contributed by atoms with Crippen LogP contribution in [-0.2, 0) is 4.79 Å². The predicted octanol–water partition coefficient (Wildman–Crippen LogP) is 4.53. The van der Waals surface area contributed by atoms with Gasteiger partial charge in [0.05, 0.1) is 16.8 Å². The van der Waals surface area contributed by atoms with Crippen LogP contribution in [0.1, 0.15) is 36.7 Å². The maximum absolute atomic E-state index is 12.6. The van der Waals surface area contributed by atoms with E-state index in [1.165, 1.54) is 17.4 Å². The van der Waals surface area contributed by atoms with Crippen molar-refractivity contribution in [3.63, 3.8) is 0 Å². The van der Waals surface area contributed by atoms with Crippen molar-refractivity contribution < 1.29 is 19.4 Å². The number of carboxylic acid groups (broad SMARTS) is 1. The Morgan fingerprint density at radius 3 is 2.68 bits per heavy atom. The normalized spacial score (nSPS) is 12.9. The van der Waals surface area contributed by atoms with Crippen LogP contribution in [0, 0.1) is 0 Å². The molecule has 146 valence electrons. The highest BCUT2D eigenvalue weighted by Gasteiger charge is 2.22. The first-order chi connectivity index (χ1) is 13.4. The molecule has 0 aliphatic heterocycles. The van der Waals surface area contributed by atoms with Gasteiger partial charge in [-0.15, -0.1) is 0 Å². The zero-order valence-corrected chi connectivity index (χ0v) is 17.0. The lowest BCUT2D eigenvalue weighted by molar-refractivity contribution is -0.140. The molecule has 0 bridgehead atoms. The third-order valence-electron chi connectivity index (χ3n) is 4.16. The van der Waals surface area contributed by atoms with Gasteiger partial charge < -0.3 is 14.4 Å². The summed E-state index contributed by atoms with van der Waals surface area (Å²) in [6, 6.07) is 11.1. The maximum atomic E-state index is 12.6. The van der Waals surface area contributed by atoms with Crippen LogP contribution in [0.25, 0.3) is 10.2 Å². The second kappa shape index (κ2) is 8.58. The quantitative estimate of drug-likeness (QED) is 0.637. The molecule has 1 amide bonds. The molecule has 1 aromatic heterocycles. The van der Waals surface area contributed by atoms with Crippen LogP contribution in [0.4, 0.5) is 0 Å². The number of rotatable bonds is 6. The highest BCUT2D eigenvalue weighted by Crippen LogP contribution is 2.27. The first-order valence-corrected chi connectivity index (χ1v) is 9.99. The van der Waals surface area contributed by atoms with E-state index < -0.39 is 17.9 Å². The Morgan fingerprint density at radius 2 is 2.04 bits per heavy atom. The average Bonchev–Trinajstić information content (AvgIpc) is 3.00. The van der Waals surface area contributed by atoms with Crippen molar-refractivity contribution in [1.29, 1.82) is 0 Å². The van der Waals surface area contributed by atoms with Gasteiger partial charge in [-0.3, -0.25) is 4.79 Å². The van der Waals surface area contributed by atoms with Crippen molar-refractivity contribution in [3.8, 4) is 5.75 Å². The molecule has 1 unspecified atom stereocenters. The number of hydrogen-bond acceptors (Lipinski definition) is 4. The molecule has 0 aliphatic carbocycles. The van der Waals surface area contributed by atoms with Gasteiger partial charge >= 0.3 is 5.97 Å². The number of carboxylic acids is 1. The minimum Gasteiger partial charge on any atom is -0.494 e. The van der Waals surface area contributed by atoms with E-state index in [0.717, 1.165) is 4.70 Å². The topological polar surface area (TPSA) is 80.9 Å². The number of carbonyl (C=O) groups excluding carboxylic acids is 1. The molecular formula is C20H19ClN2O4S. The van der Waals surface area contributed by atoms with Gasteiger partial charge in [-0.2, -0.15) is 4.99 Å². The molecule has 1 atom stereocenters. The summed E-state index contributed by atoms with van der Waals surface area (Å²) in [7, 11) is 0. The number of carbonyl (C=O) groups is 2. The molecule has 2 aromatic carbocycles. The van der Waals surface area contributed by atoms with Gasteiger partial charge in [0.2, 0.25) is 0 Å². The van der Waals surface area contributed by atoms with Crippen molar-refractivity contribution in [2.24, 2.45) is 4.99 Å². The Hall–Kier alpha value is -2.64. The van der Waals surface area contributed by atoms with Crippen LogP contribution in [-0.4, -0.2) is 28.2 Å². The fraction of sp³-hybridized carbons (Fsp3) is 0.250. The highest BCUT2D eigenvalue weighted by molar-refractivity contribution is 7.16. The first kappa shape index (κ1) is 20.1. The molecule has 1 N–H and O–H groups in total. The number of halogens is 1. The Kier molecular flexibility index (Phi) is 6.16. The summed E-state index contributed by atoms with van der Waals surface area (Å²) in [6.45, 7) is 4.16. The van der Waals surface area contributed by atoms with E-state index in [1.54, 1.807) is 35.8 Å². The third kappa shape index (κ3) is 4.10. The van der Waals surface area contributed by atoms with E-state index in [0.29, 0.717) is 39.7 Å². The molecule has 3 aromatic rings. The number of thiazole rings is 1. The fourth-order valence-corrected chi connectivity index (χ4v) is 4.13. The van der Waals surface area contributed by atoms with Crippen molar-refractivity contribution in [1.82, 2.24) is 4.57 Å². The summed E-state index contributed by atoms with van der Waals surface area (Å²) < 4.78 is 7.96. The van der Waals surface area contributed by atoms with Crippen LogP contribution >= 0.6 is 22.9 Å². The largest absolute Gasteiger partial charge is 0.494 e. The van der Waals surface area contributed by atoms with Crippen LogP contribution in [0.5, 0.6) is 5.75 Å². The smallest absolute Gasteiger partial charge is 0.326 e. The molecule has 0 saturated carbocycles. The van der Waals surface area contributed by atoms with E-state index in [-0.39, 0.29) is 0 Å². The van der Waals surface area contributed by atoms with Crippen LogP contribution in [0.3, 0.4) is 0 Å². The summed E-state index contributed by atoms with van der Waals surface area (Å²) in [6.07, 6.45) is 0.346. The lowest BCUT2D eigenvalue weighted by atomic mass is 10.2. The average molecular weight is 419 g/mol. The van der Waals surface area contributed by atoms with E-state index >= 15 is 0 Å². The summed E-state index contributed by atoms with van der Waals surface area (Å²) in [4.78, 5) is 29.0. The van der Waals surface area contributed by atoms with Gasteiger partial charge in [0.1, 0.15) is 11.8 Å². The Labute approximate surface area is 170 Å². The molecular weight excluding hydrogens is 400 g/mol. The zero-order chi connectivity index (χ0) is 20.3. The van der Waals surface area contributed by atoms with Crippen molar-refractivity contribution in [2.45, 2.75) is 26.3 Å². The molecule has 8 heteroatoms. The molecule has 0 spiro atoms. The number of hydrogen-bond donors (Lipinski definition) is 1. The van der Waals surface area contributed by atoms with Gasteiger partial charge in [-0.25, -0.2) is 4.79 Å². The van der Waals surface area contributed by atoms with Crippen LogP contribution < -0.4 is 9.54 Å². The lowest BCUT2D eigenvalue weighted by Gasteiger charge is -2.14. The standard InChI is InChI=1S/C20H19ClN2O4S/c1-3-15(19(25)26)23-16-11-14(27-4-2)8-9-17(16)28-20(23)22-18(24)12-6-5-7-13(21)10-12/h5-11,15H,3-4H2,1-2H3,(H,25,26). The molecule has 6 nitrogen and oxygen atoms in total. The number of aliphatic carboxylic acids is 1. The first-order valence-electron chi connectivity index (χ1n) is 8.80. The van der Waals surface area contributed by atoms with Crippen LogP contribution in [0.15, 0.2) is 47.5 Å². The lowest BCUT2D eigenvalue weighted by Crippen LogP contribution is -2.27. The van der Waals surface area contributed by atoms with Gasteiger partial charge in [-0.05, 0) is 43.7 Å². The van der Waals surface area contributed by atoms with Gasteiger partial charge in [-0.1, -0.05) is 35.9 Å². The summed E-state index contributed by atoms with van der Waals surface area (Å²) in [5.74, 6) is -0.830. The van der Waals surface area contributed by atoms with E-state index in [2.05, 4.69) is 4.99 Å². The van der Waals surface area contributed by atoms with Crippen LogP contribution in [0.2, 0.25) is 5.02 Å². The molecule has 0 fully saturated rings. The molecule has 28 heavy (non-hydrogen) atoms. The Morgan fingerprint density at radius 1 is 1.25 bits per heavy atom. The van der Waals surface area contributed by atoms with Crippen molar-refractivity contribution in [2.75, 3.05) is 6.61 Å². The third-order valence-corrected chi connectivity index (χ3v) is 5.43. The van der Waals surface area contributed by atoms with Gasteiger partial charge in [0.15, 0.2) is 4.80 Å². The SMILES string of the molecule is CCOc1ccc2sc(=NC(=O)c3cccc(Cl)c3)n(C(CC)C(=O)O)c2c1. The second-order valence-corrected chi connectivity index (χ2v) is 7.45. The zero-order valence-electron chi connectivity index (χ0n) is 15.4. The Bertz CT molecular complexity index is 1100. The number of fused-ring (bicyclic) bond motifs is 1. The monoisotopic (exact) mass is 418 g/mol. The van der Waals surface area contributed by atoms with E-state index in [4.69, 9.17) is 16.3 Å². The molecule has 0 saturated heterocycles. The number of ether oxygens (including phenoxy) is 1. The number of nitrogens with zero attached hydrogens (tertiary/aromatic N) is 2. The maximum Gasteiger partial charge on any atom is 0.326 e. The number of aromatic nitrogens is 1. The summed E-state index contributed by atoms with van der Waals surface area (Å²) in [5, 5.41) is 10.1. The number of amides is 1. The summed E-state index contributed by atoms with van der Waals surface area (Å²) in [5.41, 5.74) is 1.01.